The summed E-state index contributed by atoms with van der Waals surface area (Å²) in [5, 5.41) is 12.1. The van der Waals surface area contributed by atoms with Crippen LogP contribution in [0.25, 0.3) is 11.4 Å². The first kappa shape index (κ1) is 34.5. The number of amides is 1. The summed E-state index contributed by atoms with van der Waals surface area (Å²) in [4.78, 5) is 59.1. The van der Waals surface area contributed by atoms with E-state index in [1.165, 1.54) is 25.7 Å². The number of nitrogens with one attached hydrogen (secondary N) is 1. The van der Waals surface area contributed by atoms with Crippen molar-refractivity contribution in [2.24, 2.45) is 15.5 Å². The molecule has 14 nitrogen and oxygen atoms in total. The molecular formula is C33H39N7O7. The van der Waals surface area contributed by atoms with E-state index in [1.54, 1.807) is 24.3 Å². The Morgan fingerprint density at radius 3 is 2.06 bits per heavy atom. The average Bonchev–Trinajstić information content (AvgIpc) is 3.59. The smallest absolute Gasteiger partial charge is 0.306 e. The summed E-state index contributed by atoms with van der Waals surface area (Å²) in [6, 6.07) is 14.6. The molecule has 0 bridgehead atoms. The molecule has 14 heteroatoms. The van der Waals surface area contributed by atoms with Gasteiger partial charge in [-0.2, -0.15) is 5.10 Å². The van der Waals surface area contributed by atoms with Crippen LogP contribution in [0.3, 0.4) is 0 Å². The third-order valence-electron chi connectivity index (χ3n) is 6.93. The lowest BCUT2D eigenvalue weighted by Crippen LogP contribution is -2.31. The third kappa shape index (κ3) is 9.55. The van der Waals surface area contributed by atoms with Gasteiger partial charge in [-0.05, 0) is 48.5 Å². The van der Waals surface area contributed by atoms with Gasteiger partial charge in [-0.3, -0.25) is 19.2 Å². The Morgan fingerprint density at radius 1 is 0.894 bits per heavy atom. The first-order chi connectivity index (χ1) is 22.3. The van der Waals surface area contributed by atoms with Gasteiger partial charge < -0.3 is 24.4 Å². The molecule has 47 heavy (non-hydrogen) atoms. The Labute approximate surface area is 272 Å². The number of carbonyl (C=O) groups excluding carboxylic acids is 4. The fourth-order valence-corrected chi connectivity index (χ4v) is 4.58. The molecule has 1 aliphatic rings. The maximum absolute atomic E-state index is 12.2. The number of ether oxygens (including phenoxy) is 3. The van der Waals surface area contributed by atoms with Crippen LogP contribution in [0.4, 0.5) is 17.1 Å². The van der Waals surface area contributed by atoms with Crippen LogP contribution in [-0.4, -0.2) is 83.5 Å². The van der Waals surface area contributed by atoms with E-state index in [0.29, 0.717) is 41.8 Å². The maximum atomic E-state index is 12.2. The molecule has 0 saturated heterocycles. The maximum Gasteiger partial charge on any atom is 0.306 e. The second kappa shape index (κ2) is 15.3. The van der Waals surface area contributed by atoms with E-state index in [9.17, 15) is 19.2 Å². The van der Waals surface area contributed by atoms with Crippen LogP contribution in [-0.2, 0) is 33.4 Å². The number of hydrogen-bond donors (Lipinski definition) is 1. The number of anilines is 2. The van der Waals surface area contributed by atoms with Crippen molar-refractivity contribution in [1.82, 2.24) is 14.9 Å². The second-order valence-corrected chi connectivity index (χ2v) is 11.7. The summed E-state index contributed by atoms with van der Waals surface area (Å²) in [6.07, 6.45) is 0.0243. The van der Waals surface area contributed by atoms with Gasteiger partial charge in [-0.15, -0.1) is 9.89 Å². The van der Waals surface area contributed by atoms with Crippen molar-refractivity contribution >= 4 is 52.3 Å². The Bertz CT molecular complexity index is 1650. The monoisotopic (exact) mass is 645 g/mol. The standard InChI is InChI=1S/C33H39N7O7/c1-21(41)46-19-17-39(18-20-47-22(2)42)26-13-11-25(12-14-26)35-29-30(33(3,4)5)37-40-32(29)36-31(38-40)23-7-9-24(10-8-23)34-27(43)15-16-28(44)45-6/h7-14H,15-20H2,1-6H3,(H,34,43). The van der Waals surface area contributed by atoms with E-state index < -0.39 is 5.97 Å². The molecule has 0 atom stereocenters. The molecule has 0 fully saturated rings. The number of aliphatic imine (C=N–C) groups is 1. The van der Waals surface area contributed by atoms with E-state index in [1.807, 2.05) is 49.9 Å². The molecule has 1 aromatic heterocycles. The Morgan fingerprint density at radius 2 is 1.51 bits per heavy atom. The molecule has 248 valence electrons. The van der Waals surface area contributed by atoms with Crippen molar-refractivity contribution < 1.29 is 33.4 Å². The lowest BCUT2D eigenvalue weighted by molar-refractivity contribution is -0.142. The Hall–Kier alpha value is -5.40. The lowest BCUT2D eigenvalue weighted by atomic mass is 9.87. The highest BCUT2D eigenvalue weighted by Crippen LogP contribution is 2.29. The van der Waals surface area contributed by atoms with Crippen LogP contribution in [0, 0.1) is 5.41 Å². The number of nitrogens with zero attached hydrogens (tertiary/aromatic N) is 6. The second-order valence-electron chi connectivity index (χ2n) is 11.7. The summed E-state index contributed by atoms with van der Waals surface area (Å²) >= 11 is 0. The highest BCUT2D eigenvalue weighted by atomic mass is 16.5. The predicted octanol–water partition coefficient (Wildman–Crippen LogP) is 4.15. The molecule has 2 aromatic carbocycles. The molecule has 1 N–H and O–H groups in total. The van der Waals surface area contributed by atoms with E-state index in [-0.39, 0.29) is 49.3 Å². The number of aromatic nitrogens is 3. The zero-order valence-electron chi connectivity index (χ0n) is 27.4. The van der Waals surface area contributed by atoms with Gasteiger partial charge in [0.2, 0.25) is 11.7 Å². The molecule has 0 radical (unpaired) electrons. The quantitative estimate of drug-likeness (QED) is 0.211. The van der Waals surface area contributed by atoms with Crippen molar-refractivity contribution in [3.63, 3.8) is 0 Å². The zero-order valence-corrected chi connectivity index (χ0v) is 27.4. The van der Waals surface area contributed by atoms with Gasteiger partial charge >= 0.3 is 17.9 Å². The molecule has 1 amide bonds. The van der Waals surface area contributed by atoms with Crippen molar-refractivity contribution in [2.45, 2.75) is 47.5 Å². The molecule has 0 spiro atoms. The van der Waals surface area contributed by atoms with Gasteiger partial charge in [-0.25, -0.2) is 9.98 Å². The molecule has 3 aromatic rings. The number of esters is 3. The van der Waals surface area contributed by atoms with Crippen LogP contribution in [0.15, 0.2) is 58.6 Å². The van der Waals surface area contributed by atoms with Gasteiger partial charge in [0.05, 0.1) is 38.0 Å². The molecule has 1 aliphatic heterocycles. The number of benzene rings is 2. The van der Waals surface area contributed by atoms with Crippen molar-refractivity contribution in [1.29, 1.82) is 0 Å². The van der Waals surface area contributed by atoms with Gasteiger partial charge in [0, 0.05) is 42.6 Å². The van der Waals surface area contributed by atoms with Crippen molar-refractivity contribution in [3.05, 3.63) is 54.4 Å². The minimum absolute atomic E-state index is 0.00337. The Balaban J connectivity index is 1.54. The van der Waals surface area contributed by atoms with Crippen molar-refractivity contribution in [3.8, 4) is 11.4 Å². The number of hydrogen-bond acceptors (Lipinski definition) is 12. The number of methoxy groups -OCH3 is 1. The van der Waals surface area contributed by atoms with Gasteiger partial charge in [0.25, 0.3) is 0 Å². The first-order valence-electron chi connectivity index (χ1n) is 15.1. The first-order valence-corrected chi connectivity index (χ1v) is 15.1. The van der Waals surface area contributed by atoms with Crippen LogP contribution in [0.1, 0.15) is 53.3 Å². The molecule has 0 unspecified atom stereocenters. The van der Waals surface area contributed by atoms with Crippen molar-refractivity contribution in [2.75, 3.05) is 43.6 Å². The summed E-state index contributed by atoms with van der Waals surface area (Å²) < 4.78 is 14.8. The number of rotatable bonds is 13. The minimum atomic E-state index is -0.445. The lowest BCUT2D eigenvalue weighted by Gasteiger charge is -2.24. The summed E-state index contributed by atoms with van der Waals surface area (Å²) in [7, 11) is 1.28. The SMILES string of the molecule is COC(=O)CCC(=O)Nc1ccc(-c2nc3n(n2)N=C(C(C)(C)C)C3=Nc2ccc(N(CCOC(C)=O)CCOC(C)=O)cc2)cc1. The average molecular weight is 646 g/mol. The highest BCUT2D eigenvalue weighted by Gasteiger charge is 2.35. The highest BCUT2D eigenvalue weighted by molar-refractivity contribution is 6.50. The van der Waals surface area contributed by atoms with E-state index in [2.05, 4.69) is 15.2 Å². The topological polar surface area (TPSA) is 167 Å². The van der Waals surface area contributed by atoms with Gasteiger partial charge in [-0.1, -0.05) is 20.8 Å². The predicted molar refractivity (Wildman–Crippen MR) is 176 cm³/mol. The third-order valence-corrected chi connectivity index (χ3v) is 6.93. The van der Waals surface area contributed by atoms with E-state index in [0.717, 1.165) is 17.0 Å². The number of fused-ring (bicyclic) bond motifs is 1. The largest absolute Gasteiger partial charge is 0.469 e. The fraction of sp³-hybridized carbons (Fsp3) is 0.394. The van der Waals surface area contributed by atoms with E-state index in [4.69, 9.17) is 24.6 Å². The zero-order chi connectivity index (χ0) is 34.1. The Kier molecular flexibility index (Phi) is 11.2. The molecule has 2 heterocycles. The summed E-state index contributed by atoms with van der Waals surface area (Å²) in [5.74, 6) is -0.529. The number of carbonyl (C=O) groups is 4. The van der Waals surface area contributed by atoms with Crippen LogP contribution in [0.2, 0.25) is 0 Å². The van der Waals surface area contributed by atoms with Gasteiger partial charge in [0.1, 0.15) is 18.9 Å². The van der Waals surface area contributed by atoms with Crippen LogP contribution >= 0.6 is 0 Å². The normalized spacial score (nSPS) is 13.1. The molecule has 0 aliphatic carbocycles. The molecule has 4 rings (SSSR count). The molecule has 0 saturated carbocycles. The summed E-state index contributed by atoms with van der Waals surface area (Å²) in [6.45, 7) is 10.1. The van der Waals surface area contributed by atoms with Crippen LogP contribution in [0.5, 0.6) is 0 Å². The minimum Gasteiger partial charge on any atom is -0.469 e. The van der Waals surface area contributed by atoms with Crippen LogP contribution < -0.4 is 10.2 Å². The molecular weight excluding hydrogens is 606 g/mol. The van der Waals surface area contributed by atoms with Gasteiger partial charge in [0.15, 0.2) is 5.82 Å². The fourth-order valence-electron chi connectivity index (χ4n) is 4.58. The van der Waals surface area contributed by atoms with E-state index >= 15 is 0 Å². The summed E-state index contributed by atoms with van der Waals surface area (Å²) in [5.41, 5.74) is 3.80.